The van der Waals surface area contributed by atoms with Gasteiger partial charge in [-0.3, -0.25) is 0 Å². The van der Waals surface area contributed by atoms with Gasteiger partial charge in [0.2, 0.25) is 0 Å². The molecular formula is C145H117N3. The molecule has 0 spiro atoms. The van der Waals surface area contributed by atoms with Crippen molar-refractivity contribution >= 4 is 116 Å². The molecule has 0 amide bonds. The predicted molar refractivity (Wildman–Crippen MR) is 631 cm³/mol. The maximum absolute atomic E-state index is 2.52. The summed E-state index contributed by atoms with van der Waals surface area (Å²) in [6.45, 7) is 30.5. The summed E-state index contributed by atoms with van der Waals surface area (Å²) in [5.41, 5.74) is 46.3. The Balaban J connectivity index is 0.000000113. The van der Waals surface area contributed by atoms with E-state index in [4.69, 9.17) is 0 Å². The van der Waals surface area contributed by atoms with Gasteiger partial charge in [0.05, 0.1) is 17.1 Å². The van der Waals surface area contributed by atoms with Gasteiger partial charge >= 0.3 is 0 Å². The molecule has 0 saturated carbocycles. The van der Waals surface area contributed by atoms with E-state index in [1.54, 1.807) is 0 Å². The fourth-order valence-electron chi connectivity index (χ4n) is 25.8. The molecule has 0 fully saturated rings. The van der Waals surface area contributed by atoms with Crippen LogP contribution in [-0.4, -0.2) is 0 Å². The molecule has 3 heteroatoms. The summed E-state index contributed by atoms with van der Waals surface area (Å²) in [5, 5.41) is 15.1. The molecular weight excluding hydrogens is 1780 g/mol. The van der Waals surface area contributed by atoms with E-state index in [-0.39, 0.29) is 32.5 Å². The van der Waals surface area contributed by atoms with Crippen LogP contribution in [0.3, 0.4) is 0 Å². The van der Waals surface area contributed by atoms with Crippen LogP contribution >= 0.6 is 0 Å². The van der Waals surface area contributed by atoms with Gasteiger partial charge in [-0.1, -0.05) is 460 Å². The number of anilines is 9. The van der Waals surface area contributed by atoms with Crippen LogP contribution in [0.25, 0.3) is 154 Å². The minimum Gasteiger partial charge on any atom is -0.310 e. The molecule has 23 aromatic carbocycles. The molecule has 5 aliphatic rings. The molecule has 3 nitrogen and oxygen atoms in total. The van der Waals surface area contributed by atoms with Gasteiger partial charge in [0.15, 0.2) is 0 Å². The number of hydrogen-bond donors (Lipinski definition) is 0. The Morgan fingerprint density at radius 2 is 0.351 bits per heavy atom. The molecule has 5 aliphatic carbocycles. The molecule has 0 N–H and O–H groups in total. The lowest BCUT2D eigenvalue weighted by atomic mass is 9.81. The largest absolute Gasteiger partial charge is 0.310 e. The summed E-state index contributed by atoms with van der Waals surface area (Å²) < 4.78 is 0. The Kier molecular flexibility index (Phi) is 21.3. The summed E-state index contributed by atoms with van der Waals surface area (Å²) >= 11 is 0. The average Bonchev–Trinajstić information content (AvgIpc) is 1.52. The Morgan fingerprint density at radius 1 is 0.149 bits per heavy atom. The van der Waals surface area contributed by atoms with Crippen LogP contribution in [0.4, 0.5) is 51.2 Å². The van der Waals surface area contributed by atoms with Crippen LogP contribution in [0.1, 0.15) is 151 Å². The van der Waals surface area contributed by atoms with Crippen LogP contribution < -0.4 is 14.7 Å². The lowest BCUT2D eigenvalue weighted by Crippen LogP contribution is -2.18. The highest BCUT2D eigenvalue weighted by atomic mass is 15.2. The topological polar surface area (TPSA) is 9.72 Å². The van der Waals surface area contributed by atoms with E-state index in [9.17, 15) is 0 Å². The summed E-state index contributed by atoms with van der Waals surface area (Å²) in [6, 6.07) is 176. The maximum Gasteiger partial charge on any atom is 0.0546 e. The highest BCUT2D eigenvalue weighted by molar-refractivity contribution is 6.18. The number of nitrogens with zero attached hydrogens (tertiary/aromatic N) is 3. The second-order valence-corrected chi connectivity index (χ2v) is 45.0. The SMILES string of the molecule is CC(C)(C)c1ccc(-c2ccc(N(c3ccc4c(c3)C(C)(C)c3ccccc3-4)c3cc4ccccc4c4ccccc34)cc2)cc1.CC1(C)c2ccccc2-c2ccc(-c3ccc(N(c4ccc5c(c4)C(C)(C)c4ccccc4-5)c4cc5ccccc5c5ccccc45)cc3)cc21.CC1(C)c2ccccc2-c2ccc(N(c3ccc4c(c3)C(C)(C)c3cc(-c5ccccc5)ccc3-4)c3cc4ccccc4c4ccccc34)cc21. The Hall–Kier alpha value is -17.0. The normalized spacial score (nSPS) is 14.2. The number of benzene rings is 23. The van der Waals surface area contributed by atoms with Crippen molar-refractivity contribution in [1.82, 2.24) is 0 Å². The Morgan fingerprint density at radius 3 is 0.655 bits per heavy atom. The molecule has 28 rings (SSSR count). The number of fused-ring (bicyclic) bond motifs is 24. The summed E-state index contributed by atoms with van der Waals surface area (Å²) in [7, 11) is 0. The number of hydrogen-bond acceptors (Lipinski definition) is 3. The summed E-state index contributed by atoms with van der Waals surface area (Å²) in [4.78, 5) is 7.45. The third-order valence-corrected chi connectivity index (χ3v) is 33.7. The van der Waals surface area contributed by atoms with E-state index in [1.807, 2.05) is 0 Å². The van der Waals surface area contributed by atoms with Crippen molar-refractivity contribution < 1.29 is 0 Å². The fraction of sp³-hybridized carbons (Fsp3) is 0.131. The molecule has 0 aromatic heterocycles. The van der Waals surface area contributed by atoms with Crippen LogP contribution in [0.15, 0.2) is 473 Å². The lowest BCUT2D eigenvalue weighted by Gasteiger charge is -2.31. The van der Waals surface area contributed by atoms with Gasteiger partial charge in [0.1, 0.15) is 0 Å². The molecule has 23 aromatic rings. The van der Waals surface area contributed by atoms with Crippen molar-refractivity contribution in [2.45, 2.75) is 122 Å². The van der Waals surface area contributed by atoms with Crippen molar-refractivity contribution in [3.05, 3.63) is 534 Å². The van der Waals surface area contributed by atoms with E-state index in [0.29, 0.717) is 0 Å². The minimum absolute atomic E-state index is 0.0309. The zero-order valence-corrected chi connectivity index (χ0v) is 86.4. The first-order valence-electron chi connectivity index (χ1n) is 52.6. The second-order valence-electron chi connectivity index (χ2n) is 45.0. The van der Waals surface area contributed by atoms with Crippen molar-refractivity contribution in [3.8, 4) is 89.0 Å². The van der Waals surface area contributed by atoms with Crippen molar-refractivity contribution in [2.24, 2.45) is 0 Å². The molecule has 0 radical (unpaired) electrons. The monoisotopic (exact) mass is 1900 g/mol. The minimum atomic E-state index is -0.163. The van der Waals surface area contributed by atoms with Crippen LogP contribution in [-0.2, 0) is 32.5 Å². The van der Waals surface area contributed by atoms with E-state index in [0.717, 1.165) is 11.4 Å². The van der Waals surface area contributed by atoms with Crippen LogP contribution in [0, 0.1) is 0 Å². The first-order valence-corrected chi connectivity index (χ1v) is 52.6. The van der Waals surface area contributed by atoms with Gasteiger partial charge in [0.25, 0.3) is 0 Å². The zero-order chi connectivity index (χ0) is 101. The molecule has 0 unspecified atom stereocenters. The number of rotatable bonds is 12. The van der Waals surface area contributed by atoms with Gasteiger partial charge in [-0.05, 0) is 307 Å². The van der Waals surface area contributed by atoms with Crippen molar-refractivity contribution in [1.29, 1.82) is 0 Å². The van der Waals surface area contributed by atoms with E-state index < -0.39 is 0 Å². The Labute approximate surface area is 870 Å². The molecule has 0 heterocycles. The van der Waals surface area contributed by atoms with E-state index in [1.165, 1.54) is 255 Å². The molecule has 0 saturated heterocycles. The Bertz CT molecular complexity index is 9340. The molecule has 0 aliphatic heterocycles. The van der Waals surface area contributed by atoms with Gasteiger partial charge in [-0.25, -0.2) is 0 Å². The summed E-state index contributed by atoms with van der Waals surface area (Å²) in [6.07, 6.45) is 0. The van der Waals surface area contributed by atoms with E-state index in [2.05, 4.69) is 578 Å². The predicted octanol–water partition coefficient (Wildman–Crippen LogP) is 40.2. The second kappa shape index (κ2) is 34.6. The zero-order valence-electron chi connectivity index (χ0n) is 86.4. The standard InChI is InChI=1S/2C50H39N.C45H39N/c1-49(2)44-19-11-9-16-39(44)41-27-23-33(29-46(41)49)32-21-24-35(25-22-32)51(48-30-34-13-5-6-14-37(34)38-15-7-8-18-43(38)48)36-26-28-42-40-17-10-12-20-45(40)50(3,4)47(42)31-36;1-49(2)44-21-13-12-19-39(44)41-26-23-35(30-46(41)49)51(48-29-34-16-8-9-17-37(34)38-18-10-11-20-43(38)48)36-24-27-42-40-25-22-33(32-14-6-5-7-15-32)28-45(40)50(3,4)47(42)31-36;1-44(2,3)33-22-18-30(19-23-33)31-20-24-34(25-21-31)46(43-28-32-12-6-7-13-36(32)37-14-8-9-16-40(37)43)35-26-27-39-38-15-10-11-17-41(38)45(4,5)42(39)29-35/h2*5-31H,1-4H3;6-29H,1-5H3. The first kappa shape index (κ1) is 91.0. The van der Waals surface area contributed by atoms with Crippen molar-refractivity contribution in [2.75, 3.05) is 14.7 Å². The van der Waals surface area contributed by atoms with Gasteiger partial charge in [-0.15, -0.1) is 0 Å². The van der Waals surface area contributed by atoms with Gasteiger partial charge in [-0.2, -0.15) is 0 Å². The highest BCUT2D eigenvalue weighted by Gasteiger charge is 2.43. The average molecular weight is 1900 g/mol. The third kappa shape index (κ3) is 14.7. The maximum atomic E-state index is 2.52. The van der Waals surface area contributed by atoms with Gasteiger partial charge < -0.3 is 14.7 Å². The van der Waals surface area contributed by atoms with Crippen molar-refractivity contribution in [3.63, 3.8) is 0 Å². The quantitative estimate of drug-likeness (QED) is 0.113. The third-order valence-electron chi connectivity index (χ3n) is 33.7. The van der Waals surface area contributed by atoms with Crippen LogP contribution in [0.5, 0.6) is 0 Å². The van der Waals surface area contributed by atoms with E-state index >= 15 is 0 Å². The molecule has 0 bridgehead atoms. The molecule has 0 atom stereocenters. The summed E-state index contributed by atoms with van der Waals surface area (Å²) in [5.74, 6) is 0. The fourth-order valence-corrected chi connectivity index (χ4v) is 25.8. The smallest absolute Gasteiger partial charge is 0.0546 e. The van der Waals surface area contributed by atoms with Gasteiger partial charge in [0, 0.05) is 77.4 Å². The lowest BCUT2D eigenvalue weighted by molar-refractivity contribution is 0.590. The van der Waals surface area contributed by atoms with Crippen LogP contribution in [0.2, 0.25) is 0 Å². The first-order chi connectivity index (χ1) is 71.8. The molecule has 148 heavy (non-hydrogen) atoms. The highest BCUT2D eigenvalue weighted by Crippen LogP contribution is 2.60. The molecule has 712 valence electrons.